The minimum absolute atomic E-state index is 0.660. The molecule has 34 heavy (non-hydrogen) atoms. The molecule has 0 fully saturated rings. The molecule has 0 bridgehead atoms. The zero-order valence-corrected chi connectivity index (χ0v) is 24.1. The van der Waals surface area contributed by atoms with E-state index in [4.69, 9.17) is 13.3 Å². The quantitative estimate of drug-likeness (QED) is 0.0467. The molecule has 5 nitrogen and oxygen atoms in total. The largest absolute Gasteiger partial charge is 0.500 e. The van der Waals surface area contributed by atoms with E-state index in [2.05, 4.69) is 4.99 Å². The highest BCUT2D eigenvalue weighted by Gasteiger charge is 2.36. The molecule has 0 radical (unpaired) electrons. The third-order valence-corrected chi connectivity index (χ3v) is 9.83. The summed E-state index contributed by atoms with van der Waals surface area (Å²) < 4.78 is 16.4. The zero-order valence-electron chi connectivity index (χ0n) is 23.1. The fraction of sp³-hybridized carbons (Fsp3) is 0.964. The fourth-order valence-electron chi connectivity index (χ4n) is 4.67. The van der Waals surface area contributed by atoms with Crippen LogP contribution in [0.5, 0.6) is 0 Å². The summed E-state index contributed by atoms with van der Waals surface area (Å²) in [6, 6.07) is 0.930. The van der Waals surface area contributed by atoms with Gasteiger partial charge < -0.3 is 13.3 Å². The van der Waals surface area contributed by atoms with E-state index >= 15 is 0 Å². The average molecular weight is 500 g/mol. The Morgan fingerprint density at radius 2 is 0.735 bits per heavy atom. The second kappa shape index (κ2) is 27.1. The molecule has 0 aromatic rings. The number of isocyanates is 1. The van der Waals surface area contributed by atoms with Gasteiger partial charge in [0.15, 0.2) is 0 Å². The summed E-state index contributed by atoms with van der Waals surface area (Å²) in [4.78, 5) is 13.6. The Hall–Kier alpha value is -0.523. The normalized spacial score (nSPS) is 11.6. The molecule has 0 spiro atoms. The number of hydrogen-bond donors (Lipinski definition) is 0. The Bertz CT molecular complexity index is 445. The van der Waals surface area contributed by atoms with Crippen LogP contribution in [0.15, 0.2) is 4.99 Å². The van der Waals surface area contributed by atoms with Crippen LogP contribution in [0.1, 0.15) is 141 Å². The summed E-state index contributed by atoms with van der Waals surface area (Å²) in [5.41, 5.74) is 0. The molecular formula is C28H57NO4Si. The van der Waals surface area contributed by atoms with Crippen molar-refractivity contribution < 1.29 is 18.1 Å². The van der Waals surface area contributed by atoms with E-state index in [1.165, 1.54) is 128 Å². The molecule has 0 aliphatic carbocycles. The monoisotopic (exact) mass is 499 g/mol. The topological polar surface area (TPSA) is 57.1 Å². The van der Waals surface area contributed by atoms with Crippen LogP contribution in [-0.4, -0.2) is 42.8 Å². The number of rotatable bonds is 28. The third-order valence-electron chi connectivity index (χ3n) is 7.00. The Kier molecular flexibility index (Phi) is 26.7. The predicted octanol–water partition coefficient (Wildman–Crippen LogP) is 8.78. The molecule has 0 saturated carbocycles. The first-order chi connectivity index (χ1) is 16.7. The lowest BCUT2D eigenvalue weighted by molar-refractivity contribution is 0.122. The van der Waals surface area contributed by atoms with Crippen molar-refractivity contribution in [3.8, 4) is 0 Å². The summed E-state index contributed by atoms with van der Waals surface area (Å²) >= 11 is 0. The lowest BCUT2D eigenvalue weighted by atomic mass is 10.0. The number of nitrogens with zero attached hydrogens (tertiary/aromatic N) is 1. The number of hydrogen-bond acceptors (Lipinski definition) is 5. The highest BCUT2D eigenvalue weighted by Crippen LogP contribution is 2.19. The molecule has 0 aliphatic heterocycles. The molecule has 0 saturated heterocycles. The average Bonchev–Trinajstić information content (AvgIpc) is 2.86. The lowest BCUT2D eigenvalue weighted by Gasteiger charge is -2.24. The van der Waals surface area contributed by atoms with Gasteiger partial charge in [0.05, 0.1) is 6.54 Å². The van der Waals surface area contributed by atoms with E-state index in [1.807, 2.05) is 0 Å². The first-order valence-corrected chi connectivity index (χ1v) is 16.4. The van der Waals surface area contributed by atoms with Crippen molar-refractivity contribution in [2.45, 2.75) is 147 Å². The van der Waals surface area contributed by atoms with E-state index in [-0.39, 0.29) is 0 Å². The van der Waals surface area contributed by atoms with Crippen LogP contribution in [0.4, 0.5) is 0 Å². The third kappa shape index (κ3) is 22.0. The van der Waals surface area contributed by atoms with E-state index in [0.29, 0.717) is 6.54 Å². The first-order valence-electron chi connectivity index (χ1n) is 14.4. The van der Waals surface area contributed by atoms with E-state index in [1.54, 1.807) is 27.4 Å². The highest BCUT2D eigenvalue weighted by atomic mass is 28.4. The molecule has 0 heterocycles. The molecule has 0 atom stereocenters. The van der Waals surface area contributed by atoms with Crippen LogP contribution < -0.4 is 0 Å². The maximum atomic E-state index is 9.97. The highest BCUT2D eigenvalue weighted by molar-refractivity contribution is 6.60. The van der Waals surface area contributed by atoms with Gasteiger partial charge >= 0.3 is 8.80 Å². The van der Waals surface area contributed by atoms with Crippen molar-refractivity contribution in [1.29, 1.82) is 0 Å². The van der Waals surface area contributed by atoms with Crippen molar-refractivity contribution in [3.63, 3.8) is 0 Å². The maximum Gasteiger partial charge on any atom is 0.500 e. The van der Waals surface area contributed by atoms with Crippen LogP contribution in [0.3, 0.4) is 0 Å². The van der Waals surface area contributed by atoms with E-state index < -0.39 is 8.80 Å². The molecule has 6 heteroatoms. The summed E-state index contributed by atoms with van der Waals surface area (Å²) in [5, 5.41) is 0. The van der Waals surface area contributed by atoms with Crippen LogP contribution in [0, 0.1) is 0 Å². The molecule has 0 N–H and O–H groups in total. The van der Waals surface area contributed by atoms with Crippen molar-refractivity contribution in [2.24, 2.45) is 4.99 Å². The number of carbonyl (C=O) groups excluding carboxylic acids is 1. The van der Waals surface area contributed by atoms with Gasteiger partial charge in [-0.15, -0.1) is 0 Å². The smallest absolute Gasteiger partial charge is 0.377 e. The van der Waals surface area contributed by atoms with Crippen LogP contribution >= 0.6 is 0 Å². The van der Waals surface area contributed by atoms with Crippen molar-refractivity contribution in [2.75, 3.05) is 27.9 Å². The predicted molar refractivity (Wildman–Crippen MR) is 146 cm³/mol. The maximum absolute atomic E-state index is 9.97. The molecule has 0 unspecified atom stereocenters. The Balaban J connectivity index is 3.16. The van der Waals surface area contributed by atoms with Gasteiger partial charge in [-0.2, -0.15) is 0 Å². The summed E-state index contributed by atoms with van der Waals surface area (Å²) in [5.74, 6) is 0. The Labute approximate surface area is 213 Å². The van der Waals surface area contributed by atoms with Gasteiger partial charge in [0.1, 0.15) is 0 Å². The second-order valence-electron chi connectivity index (χ2n) is 9.80. The van der Waals surface area contributed by atoms with Gasteiger partial charge in [0, 0.05) is 27.4 Å². The molecular weight excluding hydrogens is 442 g/mol. The lowest BCUT2D eigenvalue weighted by Crippen LogP contribution is -2.42. The fourth-order valence-corrected chi connectivity index (χ4v) is 6.47. The molecule has 0 aromatic carbocycles. The standard InChI is InChI=1S/C28H57NO4Si/c1-31-34(32-2,33-3)27-25-23-21-19-17-15-13-11-9-7-5-4-6-8-10-12-14-16-18-20-22-24-26-29-28-30/h4-27H2,1-3H3. The van der Waals surface area contributed by atoms with Crippen molar-refractivity contribution in [1.82, 2.24) is 0 Å². The molecule has 0 rings (SSSR count). The van der Waals surface area contributed by atoms with Gasteiger partial charge in [0.2, 0.25) is 6.08 Å². The molecule has 0 aromatic heterocycles. The zero-order chi connectivity index (χ0) is 25.0. The van der Waals surface area contributed by atoms with Crippen LogP contribution in [0.25, 0.3) is 0 Å². The summed E-state index contributed by atoms with van der Waals surface area (Å²) in [7, 11) is 2.75. The Morgan fingerprint density at radius 1 is 0.471 bits per heavy atom. The van der Waals surface area contributed by atoms with Gasteiger partial charge in [-0.25, -0.2) is 9.79 Å². The van der Waals surface area contributed by atoms with Crippen LogP contribution in [0.2, 0.25) is 6.04 Å². The van der Waals surface area contributed by atoms with E-state index in [9.17, 15) is 4.79 Å². The SMILES string of the molecule is CO[Si](CCCCCCCCCCCCCCCCCCCCCCCCN=C=O)(OC)OC. The summed E-state index contributed by atoms with van der Waals surface area (Å²) in [6.07, 6.45) is 31.4. The molecule has 0 aliphatic rings. The molecule has 0 amide bonds. The minimum atomic E-state index is -2.35. The van der Waals surface area contributed by atoms with Crippen molar-refractivity contribution >= 4 is 14.9 Å². The van der Waals surface area contributed by atoms with Crippen molar-refractivity contribution in [3.05, 3.63) is 0 Å². The van der Waals surface area contributed by atoms with E-state index in [0.717, 1.165) is 18.9 Å². The van der Waals surface area contributed by atoms with Gasteiger partial charge in [0.25, 0.3) is 0 Å². The summed E-state index contributed by atoms with van der Waals surface area (Å²) in [6.45, 7) is 0.660. The molecule has 202 valence electrons. The second-order valence-corrected chi connectivity index (χ2v) is 12.9. The van der Waals surface area contributed by atoms with Gasteiger partial charge in [-0.3, -0.25) is 0 Å². The number of aliphatic imine (C=N–C) groups is 1. The first kappa shape index (κ1) is 33.5. The number of unbranched alkanes of at least 4 members (excludes halogenated alkanes) is 21. The van der Waals surface area contributed by atoms with Gasteiger partial charge in [-0.05, 0) is 12.8 Å². The van der Waals surface area contributed by atoms with Crippen LogP contribution in [-0.2, 0) is 18.1 Å². The van der Waals surface area contributed by atoms with Gasteiger partial charge in [-0.1, -0.05) is 128 Å². The Morgan fingerprint density at radius 3 is 1.00 bits per heavy atom. The minimum Gasteiger partial charge on any atom is -0.377 e.